The predicted molar refractivity (Wildman–Crippen MR) is 90.0 cm³/mol. The summed E-state index contributed by atoms with van der Waals surface area (Å²) in [7, 11) is 0. The Morgan fingerprint density at radius 1 is 1.43 bits per heavy atom. The van der Waals surface area contributed by atoms with Gasteiger partial charge < -0.3 is 16.0 Å². The molecule has 1 atom stereocenters. The van der Waals surface area contributed by atoms with E-state index in [0.717, 1.165) is 16.6 Å². The Morgan fingerprint density at radius 3 is 2.57 bits per heavy atom. The van der Waals surface area contributed by atoms with Crippen molar-refractivity contribution < 1.29 is 9.59 Å². The van der Waals surface area contributed by atoms with Crippen LogP contribution in [0, 0.1) is 0 Å². The van der Waals surface area contributed by atoms with Crippen molar-refractivity contribution >= 4 is 51.5 Å². The molecule has 0 radical (unpaired) electrons. The van der Waals surface area contributed by atoms with Gasteiger partial charge in [-0.05, 0) is 47.8 Å². The molecule has 5 nitrogen and oxygen atoms in total. The van der Waals surface area contributed by atoms with Gasteiger partial charge in [0.2, 0.25) is 5.91 Å². The van der Waals surface area contributed by atoms with E-state index in [9.17, 15) is 9.59 Å². The first-order chi connectivity index (χ1) is 9.47. The molecule has 0 spiro atoms. The van der Waals surface area contributed by atoms with Crippen LogP contribution in [-0.2, 0) is 4.79 Å². The molecule has 2 heterocycles. The first kappa shape index (κ1) is 18.4. The van der Waals surface area contributed by atoms with E-state index in [1.165, 1.54) is 11.3 Å². The minimum Gasteiger partial charge on any atom is -0.341 e. The van der Waals surface area contributed by atoms with E-state index >= 15 is 0 Å². The topological polar surface area (TPSA) is 75.4 Å². The van der Waals surface area contributed by atoms with E-state index in [1.54, 1.807) is 17.9 Å². The highest BCUT2D eigenvalue weighted by molar-refractivity contribution is 9.11. The summed E-state index contributed by atoms with van der Waals surface area (Å²) in [6, 6.07) is 3.23. The zero-order chi connectivity index (χ0) is 14.7. The lowest BCUT2D eigenvalue weighted by Crippen LogP contribution is -2.50. The second-order valence-corrected chi connectivity index (χ2v) is 7.42. The number of piperidine rings is 1. The molecule has 0 aliphatic carbocycles. The Labute approximate surface area is 142 Å². The number of amides is 2. The Hall–Kier alpha value is -0.630. The van der Waals surface area contributed by atoms with Gasteiger partial charge in [-0.1, -0.05) is 0 Å². The molecule has 21 heavy (non-hydrogen) atoms. The van der Waals surface area contributed by atoms with Crippen LogP contribution in [0.3, 0.4) is 0 Å². The van der Waals surface area contributed by atoms with Crippen molar-refractivity contribution in [3.63, 3.8) is 0 Å². The third-order valence-corrected chi connectivity index (χ3v) is 4.99. The van der Waals surface area contributed by atoms with Crippen LogP contribution in [0.15, 0.2) is 15.9 Å². The van der Waals surface area contributed by atoms with Gasteiger partial charge in [-0.2, -0.15) is 0 Å². The fourth-order valence-electron chi connectivity index (χ4n) is 2.16. The van der Waals surface area contributed by atoms with Crippen LogP contribution in [-0.4, -0.2) is 41.9 Å². The van der Waals surface area contributed by atoms with Crippen molar-refractivity contribution in [3.8, 4) is 0 Å². The van der Waals surface area contributed by atoms with Gasteiger partial charge in [-0.3, -0.25) is 9.59 Å². The third kappa shape index (κ3) is 4.95. The first-order valence-corrected chi connectivity index (χ1v) is 8.19. The Morgan fingerprint density at radius 2 is 2.05 bits per heavy atom. The SMILES string of the molecule is CC(NC(=O)c1ccc(Br)s1)C(=O)N1CCC(N)CC1.Cl. The average molecular weight is 397 g/mol. The number of rotatable bonds is 3. The maximum Gasteiger partial charge on any atom is 0.262 e. The Kier molecular flexibility index (Phi) is 7.12. The van der Waals surface area contributed by atoms with Gasteiger partial charge in [0, 0.05) is 19.1 Å². The normalized spacial score (nSPS) is 17.0. The number of nitrogens with one attached hydrogen (secondary N) is 1. The maximum atomic E-state index is 12.2. The van der Waals surface area contributed by atoms with Crippen molar-refractivity contribution in [1.29, 1.82) is 0 Å². The number of thiophene rings is 1. The van der Waals surface area contributed by atoms with E-state index in [1.807, 2.05) is 6.07 Å². The summed E-state index contributed by atoms with van der Waals surface area (Å²) in [5.74, 6) is -0.254. The molecule has 118 valence electrons. The number of hydrogen-bond acceptors (Lipinski definition) is 4. The van der Waals surface area contributed by atoms with Crippen LogP contribution in [0.4, 0.5) is 0 Å². The third-order valence-electron chi connectivity index (χ3n) is 3.37. The predicted octanol–water partition coefficient (Wildman–Crippen LogP) is 2.00. The van der Waals surface area contributed by atoms with Crippen LogP contribution in [0.1, 0.15) is 29.4 Å². The van der Waals surface area contributed by atoms with Gasteiger partial charge in [0.25, 0.3) is 5.91 Å². The van der Waals surface area contributed by atoms with Crippen LogP contribution in [0.25, 0.3) is 0 Å². The van der Waals surface area contributed by atoms with Gasteiger partial charge >= 0.3 is 0 Å². The fraction of sp³-hybridized carbons (Fsp3) is 0.538. The molecule has 0 bridgehead atoms. The molecular weight excluding hydrogens is 378 g/mol. The number of carbonyl (C=O) groups is 2. The molecule has 1 saturated heterocycles. The van der Waals surface area contributed by atoms with Gasteiger partial charge in [0.1, 0.15) is 6.04 Å². The van der Waals surface area contributed by atoms with Crippen molar-refractivity contribution in [1.82, 2.24) is 10.2 Å². The minimum atomic E-state index is -0.516. The van der Waals surface area contributed by atoms with Crippen molar-refractivity contribution in [3.05, 3.63) is 20.8 Å². The average Bonchev–Trinajstić information content (AvgIpc) is 2.85. The monoisotopic (exact) mass is 395 g/mol. The highest BCUT2D eigenvalue weighted by Crippen LogP contribution is 2.22. The number of halogens is 2. The minimum absolute atomic E-state index is 0. The fourth-order valence-corrected chi connectivity index (χ4v) is 3.45. The molecule has 8 heteroatoms. The standard InChI is InChI=1S/C13H18BrN3O2S.ClH/c1-8(13(19)17-6-4-9(15)5-7-17)16-12(18)10-2-3-11(14)20-10;/h2-3,8-9H,4-7,15H2,1H3,(H,16,18);1H. The van der Waals surface area contributed by atoms with Gasteiger partial charge in [0.15, 0.2) is 0 Å². The summed E-state index contributed by atoms with van der Waals surface area (Å²) in [5, 5.41) is 2.75. The zero-order valence-electron chi connectivity index (χ0n) is 11.7. The zero-order valence-corrected chi connectivity index (χ0v) is 14.9. The number of nitrogens with zero attached hydrogens (tertiary/aromatic N) is 1. The number of hydrogen-bond donors (Lipinski definition) is 2. The van der Waals surface area contributed by atoms with Crippen molar-refractivity contribution in [2.45, 2.75) is 31.8 Å². The lowest BCUT2D eigenvalue weighted by Gasteiger charge is -2.32. The molecule has 2 amide bonds. The molecular formula is C13H19BrClN3O2S. The summed E-state index contributed by atoms with van der Waals surface area (Å²) < 4.78 is 0.895. The summed E-state index contributed by atoms with van der Waals surface area (Å²) in [5.41, 5.74) is 5.82. The number of carbonyl (C=O) groups excluding carboxylic acids is 2. The lowest BCUT2D eigenvalue weighted by molar-refractivity contribution is -0.133. The quantitative estimate of drug-likeness (QED) is 0.820. The largest absolute Gasteiger partial charge is 0.341 e. The van der Waals surface area contributed by atoms with Gasteiger partial charge in [-0.15, -0.1) is 23.7 Å². The second-order valence-electron chi connectivity index (χ2n) is 4.96. The molecule has 1 aromatic rings. The first-order valence-electron chi connectivity index (χ1n) is 6.58. The molecule has 1 fully saturated rings. The Bertz CT molecular complexity index is 503. The van der Waals surface area contributed by atoms with E-state index < -0.39 is 6.04 Å². The molecule has 1 unspecified atom stereocenters. The summed E-state index contributed by atoms with van der Waals surface area (Å²) in [6.45, 7) is 3.06. The second kappa shape index (κ2) is 8.12. The van der Waals surface area contributed by atoms with E-state index in [-0.39, 0.29) is 30.3 Å². The Balaban J connectivity index is 0.00000220. The molecule has 0 aromatic carbocycles. The van der Waals surface area contributed by atoms with Crippen LogP contribution >= 0.6 is 39.7 Å². The smallest absolute Gasteiger partial charge is 0.262 e. The summed E-state index contributed by atoms with van der Waals surface area (Å²) in [4.78, 5) is 26.6. The van der Waals surface area contributed by atoms with E-state index in [4.69, 9.17) is 5.73 Å². The number of nitrogens with two attached hydrogens (primary N) is 1. The van der Waals surface area contributed by atoms with Gasteiger partial charge in [0.05, 0.1) is 8.66 Å². The lowest BCUT2D eigenvalue weighted by atomic mass is 10.1. The molecule has 1 aromatic heterocycles. The maximum absolute atomic E-state index is 12.2. The van der Waals surface area contributed by atoms with Gasteiger partial charge in [-0.25, -0.2) is 0 Å². The summed E-state index contributed by atoms with van der Waals surface area (Å²) >= 11 is 4.66. The van der Waals surface area contributed by atoms with Crippen molar-refractivity contribution in [2.24, 2.45) is 5.73 Å². The summed E-state index contributed by atoms with van der Waals surface area (Å²) in [6.07, 6.45) is 1.65. The number of likely N-dealkylation sites (tertiary alicyclic amines) is 1. The van der Waals surface area contributed by atoms with Crippen molar-refractivity contribution in [2.75, 3.05) is 13.1 Å². The van der Waals surface area contributed by atoms with E-state index in [2.05, 4.69) is 21.2 Å². The highest BCUT2D eigenvalue weighted by atomic mass is 79.9. The van der Waals surface area contributed by atoms with E-state index in [0.29, 0.717) is 18.0 Å². The van der Waals surface area contributed by atoms with Crippen LogP contribution in [0.5, 0.6) is 0 Å². The molecule has 3 N–H and O–H groups in total. The van der Waals surface area contributed by atoms with Crippen LogP contribution < -0.4 is 11.1 Å². The van der Waals surface area contributed by atoms with Crippen LogP contribution in [0.2, 0.25) is 0 Å². The molecule has 1 aliphatic heterocycles. The molecule has 2 rings (SSSR count). The highest BCUT2D eigenvalue weighted by Gasteiger charge is 2.26. The molecule has 0 saturated carbocycles. The molecule has 1 aliphatic rings.